The zero-order valence-electron chi connectivity index (χ0n) is 9.67. The van der Waals surface area contributed by atoms with E-state index in [1.165, 1.54) is 4.88 Å². The molecule has 0 radical (unpaired) electrons. The van der Waals surface area contributed by atoms with Crippen LogP contribution in [0.5, 0.6) is 0 Å². The standard InChI is InChI=1S/C11H11N5OS/c1-2-6-5-7(8(12)18-6)11-15-10(16-17-11)9-13-3-4-14-9/h3-5H,2,12H2,1H3,(H,13,14). The largest absolute Gasteiger partial charge is 0.390 e. The highest BCUT2D eigenvalue weighted by Crippen LogP contribution is 2.33. The topological polar surface area (TPSA) is 93.6 Å². The summed E-state index contributed by atoms with van der Waals surface area (Å²) >= 11 is 1.54. The van der Waals surface area contributed by atoms with Crippen molar-refractivity contribution in [1.29, 1.82) is 0 Å². The van der Waals surface area contributed by atoms with Crippen LogP contribution in [0.1, 0.15) is 11.8 Å². The molecule has 3 aromatic heterocycles. The Morgan fingerprint density at radius 1 is 1.50 bits per heavy atom. The molecule has 3 N–H and O–H groups in total. The van der Waals surface area contributed by atoms with Gasteiger partial charge in [0.05, 0.1) is 10.6 Å². The Hall–Kier alpha value is -2.15. The van der Waals surface area contributed by atoms with Gasteiger partial charge in [-0.15, -0.1) is 11.3 Å². The Bertz CT molecular complexity index is 655. The molecule has 0 unspecified atom stereocenters. The molecule has 0 amide bonds. The molecule has 3 aromatic rings. The number of anilines is 1. The number of nitrogens with zero attached hydrogens (tertiary/aromatic N) is 3. The molecule has 7 heteroatoms. The number of thiophene rings is 1. The summed E-state index contributed by atoms with van der Waals surface area (Å²) in [7, 11) is 0. The maximum absolute atomic E-state index is 5.94. The highest BCUT2D eigenvalue weighted by atomic mass is 32.1. The van der Waals surface area contributed by atoms with Gasteiger partial charge in [0.2, 0.25) is 5.82 Å². The number of rotatable bonds is 3. The number of imidazole rings is 1. The molecule has 0 aliphatic heterocycles. The number of hydrogen-bond donors (Lipinski definition) is 2. The van der Waals surface area contributed by atoms with Crippen LogP contribution in [0.25, 0.3) is 23.1 Å². The van der Waals surface area contributed by atoms with Crippen molar-refractivity contribution in [3.8, 4) is 23.1 Å². The van der Waals surface area contributed by atoms with Crippen molar-refractivity contribution in [3.05, 3.63) is 23.3 Å². The van der Waals surface area contributed by atoms with Gasteiger partial charge in [0.25, 0.3) is 5.89 Å². The molecular formula is C11H11N5OS. The second-order valence-electron chi connectivity index (χ2n) is 3.71. The van der Waals surface area contributed by atoms with Crippen LogP contribution in [0.3, 0.4) is 0 Å². The van der Waals surface area contributed by atoms with Crippen molar-refractivity contribution in [3.63, 3.8) is 0 Å². The lowest BCUT2D eigenvalue weighted by molar-refractivity contribution is 0.432. The van der Waals surface area contributed by atoms with Crippen LogP contribution in [0, 0.1) is 0 Å². The summed E-state index contributed by atoms with van der Waals surface area (Å²) < 4.78 is 5.22. The van der Waals surface area contributed by atoms with E-state index in [1.54, 1.807) is 23.7 Å². The molecule has 0 bridgehead atoms. The van der Waals surface area contributed by atoms with Crippen molar-refractivity contribution in [2.75, 3.05) is 5.73 Å². The zero-order valence-corrected chi connectivity index (χ0v) is 10.5. The van der Waals surface area contributed by atoms with Gasteiger partial charge in [-0.3, -0.25) is 0 Å². The summed E-state index contributed by atoms with van der Waals surface area (Å²) in [5, 5.41) is 4.58. The Morgan fingerprint density at radius 3 is 3.06 bits per heavy atom. The van der Waals surface area contributed by atoms with E-state index in [9.17, 15) is 0 Å². The minimum Gasteiger partial charge on any atom is -0.390 e. The molecule has 0 saturated carbocycles. The van der Waals surface area contributed by atoms with Crippen molar-refractivity contribution in [1.82, 2.24) is 20.1 Å². The van der Waals surface area contributed by atoms with Gasteiger partial charge in [-0.1, -0.05) is 12.1 Å². The van der Waals surface area contributed by atoms with Crippen molar-refractivity contribution in [2.45, 2.75) is 13.3 Å². The van der Waals surface area contributed by atoms with E-state index in [0.717, 1.165) is 12.0 Å². The molecule has 92 valence electrons. The first-order chi connectivity index (χ1) is 8.78. The van der Waals surface area contributed by atoms with E-state index in [0.29, 0.717) is 22.5 Å². The van der Waals surface area contributed by atoms with Crippen LogP contribution in [0.2, 0.25) is 0 Å². The second kappa shape index (κ2) is 4.26. The number of nitrogens with one attached hydrogen (secondary N) is 1. The van der Waals surface area contributed by atoms with Crippen LogP contribution in [-0.2, 0) is 6.42 Å². The molecule has 0 aliphatic rings. The fraction of sp³-hybridized carbons (Fsp3) is 0.182. The zero-order chi connectivity index (χ0) is 12.5. The summed E-state index contributed by atoms with van der Waals surface area (Å²) in [6.07, 6.45) is 4.28. The molecule has 0 aromatic carbocycles. The Balaban J connectivity index is 2.00. The molecule has 0 aliphatic carbocycles. The minimum absolute atomic E-state index is 0.426. The third-order valence-electron chi connectivity index (χ3n) is 2.53. The van der Waals surface area contributed by atoms with E-state index >= 15 is 0 Å². The predicted octanol–water partition coefficient (Wildman–Crippen LogP) is 2.33. The highest BCUT2D eigenvalue weighted by molar-refractivity contribution is 7.16. The summed E-state index contributed by atoms with van der Waals surface area (Å²) in [5.74, 6) is 1.43. The van der Waals surface area contributed by atoms with Gasteiger partial charge >= 0.3 is 0 Å². The number of H-pyrrole nitrogens is 1. The van der Waals surface area contributed by atoms with Gasteiger partial charge in [-0.25, -0.2) is 4.98 Å². The lowest BCUT2D eigenvalue weighted by Crippen LogP contribution is -1.85. The maximum Gasteiger partial charge on any atom is 0.261 e. The van der Waals surface area contributed by atoms with Gasteiger partial charge in [0.1, 0.15) is 0 Å². The van der Waals surface area contributed by atoms with Crippen LogP contribution in [0.15, 0.2) is 23.0 Å². The van der Waals surface area contributed by atoms with E-state index < -0.39 is 0 Å². The number of nitrogen functional groups attached to an aromatic ring is 1. The van der Waals surface area contributed by atoms with Gasteiger partial charge in [-0.2, -0.15) is 4.98 Å². The summed E-state index contributed by atoms with van der Waals surface area (Å²) in [5.41, 5.74) is 6.74. The smallest absolute Gasteiger partial charge is 0.261 e. The van der Waals surface area contributed by atoms with Crippen LogP contribution >= 0.6 is 11.3 Å². The fourth-order valence-electron chi connectivity index (χ4n) is 1.62. The van der Waals surface area contributed by atoms with Crippen LogP contribution < -0.4 is 5.73 Å². The van der Waals surface area contributed by atoms with Crippen molar-refractivity contribution in [2.24, 2.45) is 0 Å². The fourth-order valence-corrected chi connectivity index (χ4v) is 2.48. The maximum atomic E-state index is 5.94. The first-order valence-electron chi connectivity index (χ1n) is 5.50. The van der Waals surface area contributed by atoms with Crippen molar-refractivity contribution >= 4 is 16.3 Å². The summed E-state index contributed by atoms with van der Waals surface area (Å²) in [6.45, 7) is 2.08. The molecule has 3 rings (SSSR count). The van der Waals surface area contributed by atoms with Crippen molar-refractivity contribution < 1.29 is 4.52 Å². The highest BCUT2D eigenvalue weighted by Gasteiger charge is 2.16. The molecule has 0 saturated heterocycles. The van der Waals surface area contributed by atoms with Gasteiger partial charge in [-0.05, 0) is 12.5 Å². The molecule has 0 spiro atoms. The molecule has 3 heterocycles. The summed E-state index contributed by atoms with van der Waals surface area (Å²) in [6, 6.07) is 1.99. The predicted molar refractivity (Wildman–Crippen MR) is 69.0 cm³/mol. The van der Waals surface area contributed by atoms with E-state index in [4.69, 9.17) is 10.3 Å². The normalized spacial score (nSPS) is 10.9. The SMILES string of the molecule is CCc1cc(-c2nc(-c3ncc[nH]3)no2)c(N)s1. The van der Waals surface area contributed by atoms with E-state index in [1.807, 2.05) is 6.07 Å². The number of aromatic amines is 1. The Labute approximate surface area is 107 Å². The number of hydrogen-bond acceptors (Lipinski definition) is 6. The molecular weight excluding hydrogens is 250 g/mol. The molecule has 0 fully saturated rings. The lowest BCUT2D eigenvalue weighted by Gasteiger charge is -1.88. The monoisotopic (exact) mass is 261 g/mol. The third-order valence-corrected chi connectivity index (χ3v) is 3.64. The number of aryl methyl sites for hydroxylation is 1. The Kier molecular flexibility index (Phi) is 2.60. The van der Waals surface area contributed by atoms with Gasteiger partial charge in [0.15, 0.2) is 5.82 Å². The first-order valence-corrected chi connectivity index (χ1v) is 6.31. The average Bonchev–Trinajstić information content (AvgIpc) is 3.08. The van der Waals surface area contributed by atoms with Gasteiger partial charge < -0.3 is 15.2 Å². The van der Waals surface area contributed by atoms with Crippen LogP contribution in [-0.4, -0.2) is 20.1 Å². The number of nitrogens with two attached hydrogens (primary N) is 1. The number of aromatic nitrogens is 4. The lowest BCUT2D eigenvalue weighted by atomic mass is 10.2. The molecule has 0 atom stereocenters. The minimum atomic E-state index is 0.426. The van der Waals surface area contributed by atoms with Gasteiger partial charge in [0, 0.05) is 17.3 Å². The molecule has 6 nitrogen and oxygen atoms in total. The summed E-state index contributed by atoms with van der Waals surface area (Å²) in [4.78, 5) is 12.5. The first kappa shape index (κ1) is 11.0. The third kappa shape index (κ3) is 1.78. The quantitative estimate of drug-likeness (QED) is 0.754. The average molecular weight is 261 g/mol. The van der Waals surface area contributed by atoms with E-state index in [2.05, 4.69) is 27.0 Å². The second-order valence-corrected chi connectivity index (χ2v) is 4.87. The Morgan fingerprint density at radius 2 is 2.39 bits per heavy atom. The van der Waals surface area contributed by atoms with Crippen LogP contribution in [0.4, 0.5) is 5.00 Å². The molecule has 18 heavy (non-hydrogen) atoms. The van der Waals surface area contributed by atoms with E-state index in [-0.39, 0.29) is 0 Å².